The number of nitrogens with one attached hydrogen (secondary N) is 1. The number of anilines is 1. The van der Waals surface area contributed by atoms with Crippen molar-refractivity contribution in [1.82, 2.24) is 0 Å². The van der Waals surface area contributed by atoms with Gasteiger partial charge in [0.25, 0.3) is 0 Å². The molecular formula is C15H24IN3. The Balaban J connectivity index is 0.00000180. The van der Waals surface area contributed by atoms with Gasteiger partial charge in [-0.15, -0.1) is 24.0 Å². The topological polar surface area (TPSA) is 50.4 Å². The van der Waals surface area contributed by atoms with E-state index in [1.54, 1.807) is 0 Å². The molecule has 1 saturated carbocycles. The van der Waals surface area contributed by atoms with Crippen LogP contribution in [-0.4, -0.2) is 12.0 Å². The van der Waals surface area contributed by atoms with Crippen molar-refractivity contribution < 1.29 is 0 Å². The summed E-state index contributed by atoms with van der Waals surface area (Å²) in [7, 11) is 0. The molecule has 106 valence electrons. The van der Waals surface area contributed by atoms with Crippen LogP contribution < -0.4 is 11.1 Å². The Hall–Kier alpha value is -0.780. The predicted octanol–water partition coefficient (Wildman–Crippen LogP) is 3.56. The number of guanidine groups is 1. The van der Waals surface area contributed by atoms with Gasteiger partial charge in [-0.25, -0.2) is 4.99 Å². The molecule has 1 fully saturated rings. The fourth-order valence-corrected chi connectivity index (χ4v) is 2.22. The van der Waals surface area contributed by atoms with E-state index in [9.17, 15) is 0 Å². The molecule has 0 heterocycles. The lowest BCUT2D eigenvalue weighted by Gasteiger charge is -2.14. The van der Waals surface area contributed by atoms with Gasteiger partial charge in [0.2, 0.25) is 0 Å². The minimum atomic E-state index is 0. The molecule has 0 bridgehead atoms. The Morgan fingerprint density at radius 1 is 1.32 bits per heavy atom. The zero-order valence-corrected chi connectivity index (χ0v) is 14.3. The number of para-hydroxylation sites is 1. The second-order valence-corrected chi connectivity index (χ2v) is 5.08. The first-order valence-corrected chi connectivity index (χ1v) is 6.86. The summed E-state index contributed by atoms with van der Waals surface area (Å²) in [6.45, 7) is 6.53. The maximum Gasteiger partial charge on any atom is 0.193 e. The van der Waals surface area contributed by atoms with Crippen LogP contribution in [0.5, 0.6) is 0 Å². The molecule has 0 radical (unpaired) electrons. The molecule has 19 heavy (non-hydrogen) atoms. The molecular weight excluding hydrogens is 349 g/mol. The van der Waals surface area contributed by atoms with Crippen LogP contribution in [0.4, 0.5) is 5.69 Å². The van der Waals surface area contributed by atoms with Crippen LogP contribution in [-0.2, 0) is 12.8 Å². The fraction of sp³-hybridized carbons (Fsp3) is 0.533. The third-order valence-electron chi connectivity index (χ3n) is 3.62. The quantitative estimate of drug-likeness (QED) is 0.482. The van der Waals surface area contributed by atoms with Crippen LogP contribution >= 0.6 is 24.0 Å². The van der Waals surface area contributed by atoms with E-state index in [1.165, 1.54) is 17.5 Å². The average Bonchev–Trinajstić information content (AvgIpc) is 3.04. The standard InChI is InChI=1S/C15H23N3.HI/c1-4-11-7-6-8-12(5-2)14(11)18-15(16)17-13-9-10(13)3;/h6-8,10,13H,4-5,9H2,1-3H3,(H3,16,17,18);1H. The molecule has 1 aromatic carbocycles. The maximum atomic E-state index is 5.99. The highest BCUT2D eigenvalue weighted by Gasteiger charge is 2.32. The monoisotopic (exact) mass is 373 g/mol. The Morgan fingerprint density at radius 2 is 1.84 bits per heavy atom. The van der Waals surface area contributed by atoms with Crippen molar-refractivity contribution in [3.63, 3.8) is 0 Å². The first kappa shape index (κ1) is 16.3. The highest BCUT2D eigenvalue weighted by atomic mass is 127. The second-order valence-electron chi connectivity index (χ2n) is 5.08. The van der Waals surface area contributed by atoms with Gasteiger partial charge in [0.15, 0.2) is 5.96 Å². The molecule has 0 aliphatic heterocycles. The van der Waals surface area contributed by atoms with E-state index < -0.39 is 0 Å². The summed E-state index contributed by atoms with van der Waals surface area (Å²) >= 11 is 0. The molecule has 0 amide bonds. The maximum absolute atomic E-state index is 5.99. The number of nitrogens with two attached hydrogens (primary N) is 1. The fourth-order valence-electron chi connectivity index (χ4n) is 2.22. The molecule has 4 heteroatoms. The van der Waals surface area contributed by atoms with E-state index in [0.29, 0.717) is 17.9 Å². The van der Waals surface area contributed by atoms with Gasteiger partial charge < -0.3 is 11.1 Å². The van der Waals surface area contributed by atoms with E-state index >= 15 is 0 Å². The first-order chi connectivity index (χ1) is 8.65. The Morgan fingerprint density at radius 3 is 2.26 bits per heavy atom. The van der Waals surface area contributed by atoms with E-state index in [1.807, 2.05) is 0 Å². The molecule has 0 aromatic heterocycles. The van der Waals surface area contributed by atoms with Crippen molar-refractivity contribution in [2.75, 3.05) is 5.32 Å². The molecule has 2 unspecified atom stereocenters. The SMILES string of the molecule is CCc1cccc(CC)c1NC(N)=NC1CC1C.I. The highest BCUT2D eigenvalue weighted by Crippen LogP contribution is 2.32. The summed E-state index contributed by atoms with van der Waals surface area (Å²) in [5.41, 5.74) is 9.75. The predicted molar refractivity (Wildman–Crippen MR) is 93.4 cm³/mol. The van der Waals surface area contributed by atoms with Crippen molar-refractivity contribution in [2.24, 2.45) is 16.6 Å². The summed E-state index contributed by atoms with van der Waals surface area (Å²) < 4.78 is 0. The molecule has 2 rings (SSSR count). The molecule has 3 nitrogen and oxygen atoms in total. The van der Waals surface area contributed by atoms with Gasteiger partial charge in [-0.1, -0.05) is 39.0 Å². The van der Waals surface area contributed by atoms with E-state index in [0.717, 1.165) is 18.5 Å². The van der Waals surface area contributed by atoms with Gasteiger partial charge in [0, 0.05) is 5.69 Å². The number of hydrogen-bond acceptors (Lipinski definition) is 1. The number of rotatable bonds is 4. The van der Waals surface area contributed by atoms with Crippen LogP contribution in [0.2, 0.25) is 0 Å². The summed E-state index contributed by atoms with van der Waals surface area (Å²) in [6, 6.07) is 6.83. The summed E-state index contributed by atoms with van der Waals surface area (Å²) in [5, 5.41) is 3.30. The lowest BCUT2D eigenvalue weighted by molar-refractivity contribution is 0.893. The number of halogens is 1. The third kappa shape index (κ3) is 4.09. The second kappa shape index (κ2) is 7.12. The van der Waals surface area contributed by atoms with Crippen molar-refractivity contribution in [3.05, 3.63) is 29.3 Å². The van der Waals surface area contributed by atoms with Gasteiger partial charge in [-0.2, -0.15) is 0 Å². The van der Waals surface area contributed by atoms with E-state index in [-0.39, 0.29) is 24.0 Å². The molecule has 1 aromatic rings. The average molecular weight is 373 g/mol. The van der Waals surface area contributed by atoms with Crippen molar-refractivity contribution in [3.8, 4) is 0 Å². The number of aliphatic imine (C=N–C) groups is 1. The molecule has 3 N–H and O–H groups in total. The number of hydrogen-bond donors (Lipinski definition) is 2. The lowest BCUT2D eigenvalue weighted by Crippen LogP contribution is -2.24. The zero-order valence-electron chi connectivity index (χ0n) is 11.9. The molecule has 2 atom stereocenters. The largest absolute Gasteiger partial charge is 0.370 e. The Labute approximate surface area is 133 Å². The lowest BCUT2D eigenvalue weighted by atomic mass is 10.0. The number of aryl methyl sites for hydroxylation is 2. The molecule has 0 spiro atoms. The van der Waals surface area contributed by atoms with E-state index in [4.69, 9.17) is 5.73 Å². The van der Waals surface area contributed by atoms with Crippen LogP contribution in [0.25, 0.3) is 0 Å². The normalized spacial score (nSPS) is 21.7. The van der Waals surface area contributed by atoms with Gasteiger partial charge >= 0.3 is 0 Å². The number of nitrogens with zero attached hydrogens (tertiary/aromatic N) is 1. The smallest absolute Gasteiger partial charge is 0.193 e. The third-order valence-corrected chi connectivity index (χ3v) is 3.62. The highest BCUT2D eigenvalue weighted by molar-refractivity contribution is 14.0. The van der Waals surface area contributed by atoms with Crippen LogP contribution in [0, 0.1) is 5.92 Å². The van der Waals surface area contributed by atoms with Crippen molar-refractivity contribution >= 4 is 35.6 Å². The van der Waals surface area contributed by atoms with Gasteiger partial charge in [0.05, 0.1) is 6.04 Å². The van der Waals surface area contributed by atoms with Crippen LogP contribution in [0.3, 0.4) is 0 Å². The minimum Gasteiger partial charge on any atom is -0.370 e. The zero-order chi connectivity index (χ0) is 13.1. The molecule has 1 aliphatic rings. The molecule has 0 saturated heterocycles. The van der Waals surface area contributed by atoms with Crippen molar-refractivity contribution in [2.45, 2.75) is 46.1 Å². The first-order valence-electron chi connectivity index (χ1n) is 6.86. The molecule has 1 aliphatic carbocycles. The van der Waals surface area contributed by atoms with Crippen LogP contribution in [0.1, 0.15) is 38.3 Å². The summed E-state index contributed by atoms with van der Waals surface area (Å²) in [6.07, 6.45) is 3.17. The Bertz CT molecular complexity index is 434. The summed E-state index contributed by atoms with van der Waals surface area (Å²) in [4.78, 5) is 4.50. The minimum absolute atomic E-state index is 0. The van der Waals surface area contributed by atoms with Gasteiger partial charge in [-0.3, -0.25) is 0 Å². The number of benzene rings is 1. The van der Waals surface area contributed by atoms with Gasteiger partial charge in [0.1, 0.15) is 0 Å². The van der Waals surface area contributed by atoms with Gasteiger partial charge in [-0.05, 0) is 36.3 Å². The summed E-state index contributed by atoms with van der Waals surface area (Å²) in [5.74, 6) is 1.25. The Kier molecular flexibility index (Phi) is 6.10. The van der Waals surface area contributed by atoms with Crippen molar-refractivity contribution in [1.29, 1.82) is 0 Å². The van der Waals surface area contributed by atoms with Crippen LogP contribution in [0.15, 0.2) is 23.2 Å². The van der Waals surface area contributed by atoms with E-state index in [2.05, 4.69) is 49.3 Å².